The molecule has 11 nitrogen and oxygen atoms in total. The van der Waals surface area contributed by atoms with E-state index in [0.717, 1.165) is 33.0 Å². The van der Waals surface area contributed by atoms with E-state index in [1.807, 2.05) is 71.5 Å². The molecule has 51 heavy (non-hydrogen) atoms. The van der Waals surface area contributed by atoms with Crippen molar-refractivity contribution < 1.29 is 23.1 Å². The van der Waals surface area contributed by atoms with Crippen LogP contribution in [0.15, 0.2) is 66.4 Å². The summed E-state index contributed by atoms with van der Waals surface area (Å²) in [5.41, 5.74) is 7.71. The van der Waals surface area contributed by atoms with Gasteiger partial charge in [0.1, 0.15) is 5.75 Å². The molecular weight excluding hydrogens is 675 g/mol. The first kappa shape index (κ1) is 33.2. The van der Waals surface area contributed by atoms with Crippen LogP contribution in [0.1, 0.15) is 51.0 Å². The zero-order valence-electron chi connectivity index (χ0n) is 28.2. The lowest BCUT2D eigenvalue weighted by molar-refractivity contribution is -0.138. The molecule has 1 saturated heterocycles. The van der Waals surface area contributed by atoms with Crippen molar-refractivity contribution in [1.29, 1.82) is 0 Å². The standard InChI is InChI=1S/C37H38F2N8O3S/c1-21-35(51-20-41-21)23-8-9-24(15-40-2)31(12-23)50-11-10-32(48)46-17-25(18-46)34(22-6-4-3-5-7-22)47-19-26(16-42-47)43-36(49)33-27-13-28-29(37(28,38)39)14-30(27)44-45-33/h3-9,12,16,19-20,25,28-29,34,40H,10-11,13-15,17-18H2,1-2H3,(H,43,49)(H,44,45). The maximum absolute atomic E-state index is 14.1. The number of halogens is 2. The number of hydrogen-bond donors (Lipinski definition) is 3. The number of ether oxygens (including phenoxy) is 1. The number of H-pyrrole nitrogens is 1. The second-order valence-corrected chi connectivity index (χ2v) is 14.5. The normalized spacial score (nSPS) is 19.5. The van der Waals surface area contributed by atoms with Gasteiger partial charge in [-0.1, -0.05) is 42.5 Å². The number of aryl methyl sites for hydroxylation is 1. The van der Waals surface area contributed by atoms with Gasteiger partial charge in [-0.05, 0) is 44.0 Å². The van der Waals surface area contributed by atoms with Crippen LogP contribution in [0.3, 0.4) is 0 Å². The molecule has 4 heterocycles. The van der Waals surface area contributed by atoms with Crippen LogP contribution < -0.4 is 15.4 Å². The van der Waals surface area contributed by atoms with Crippen molar-refractivity contribution in [3.05, 3.63) is 100 Å². The van der Waals surface area contributed by atoms with E-state index >= 15 is 0 Å². The quantitative estimate of drug-likeness (QED) is 0.156. The van der Waals surface area contributed by atoms with Gasteiger partial charge in [-0.25, -0.2) is 13.8 Å². The molecule has 3 unspecified atom stereocenters. The Morgan fingerprint density at radius 1 is 1.14 bits per heavy atom. The highest BCUT2D eigenvalue weighted by molar-refractivity contribution is 7.13. The Kier molecular flexibility index (Phi) is 8.66. The van der Waals surface area contributed by atoms with Gasteiger partial charge < -0.3 is 20.3 Å². The number of benzene rings is 2. The number of anilines is 1. The fraction of sp³-hybridized carbons (Fsp3) is 0.378. The zero-order chi connectivity index (χ0) is 35.3. The van der Waals surface area contributed by atoms with Crippen molar-refractivity contribution in [1.82, 2.24) is 35.2 Å². The van der Waals surface area contributed by atoms with Crippen LogP contribution in [0.5, 0.6) is 5.75 Å². The molecule has 0 bridgehead atoms. The average molecular weight is 713 g/mol. The number of amides is 2. The minimum atomic E-state index is -2.68. The predicted molar refractivity (Wildman–Crippen MR) is 188 cm³/mol. The second kappa shape index (κ2) is 13.3. The maximum Gasteiger partial charge on any atom is 0.276 e. The Morgan fingerprint density at radius 3 is 2.71 bits per heavy atom. The maximum atomic E-state index is 14.1. The Morgan fingerprint density at radius 2 is 1.94 bits per heavy atom. The number of hydrogen-bond acceptors (Lipinski definition) is 8. The molecule has 0 radical (unpaired) electrons. The van der Waals surface area contributed by atoms with Gasteiger partial charge in [0.25, 0.3) is 11.8 Å². The van der Waals surface area contributed by atoms with Gasteiger partial charge in [0.2, 0.25) is 5.91 Å². The Hall–Kier alpha value is -4.95. The van der Waals surface area contributed by atoms with Gasteiger partial charge in [-0.15, -0.1) is 11.3 Å². The summed E-state index contributed by atoms with van der Waals surface area (Å²) in [6, 6.07) is 15.9. The van der Waals surface area contributed by atoms with E-state index in [4.69, 9.17) is 4.74 Å². The topological polar surface area (TPSA) is 130 Å². The molecular formula is C37H38F2N8O3S. The van der Waals surface area contributed by atoms with E-state index < -0.39 is 23.7 Å². The molecule has 2 fully saturated rings. The van der Waals surface area contributed by atoms with Gasteiger partial charge >= 0.3 is 0 Å². The summed E-state index contributed by atoms with van der Waals surface area (Å²) in [6.07, 6.45) is 3.94. The number of likely N-dealkylation sites (tertiary alicyclic amines) is 1. The molecule has 1 aliphatic heterocycles. The third-order valence-electron chi connectivity index (χ3n) is 10.4. The third kappa shape index (κ3) is 6.31. The molecule has 1 saturated carbocycles. The lowest BCUT2D eigenvalue weighted by Crippen LogP contribution is -2.53. The van der Waals surface area contributed by atoms with Crippen LogP contribution in [-0.2, 0) is 24.2 Å². The Balaban J connectivity index is 0.901. The monoisotopic (exact) mass is 712 g/mol. The van der Waals surface area contributed by atoms with Gasteiger partial charge in [0, 0.05) is 60.4 Å². The molecule has 14 heteroatoms. The molecule has 3 aromatic heterocycles. The first-order chi connectivity index (χ1) is 24.7. The Labute approximate surface area is 297 Å². The fourth-order valence-electron chi connectivity index (χ4n) is 7.54. The van der Waals surface area contributed by atoms with E-state index in [1.54, 1.807) is 23.7 Å². The summed E-state index contributed by atoms with van der Waals surface area (Å²) in [5.74, 6) is -3.67. The van der Waals surface area contributed by atoms with Crippen LogP contribution in [-0.4, -0.2) is 74.3 Å². The SMILES string of the molecule is CNCc1ccc(-c2scnc2C)cc1OCCC(=O)N1CC(C(c2ccccc2)n2cc(NC(=O)c3n[nH]c4c3CC3C(C4)C3(F)F)cn2)C1. The number of aromatic amines is 1. The summed E-state index contributed by atoms with van der Waals surface area (Å²) in [4.78, 5) is 33.8. The zero-order valence-corrected chi connectivity index (χ0v) is 29.1. The fourth-order valence-corrected chi connectivity index (χ4v) is 8.34. The second-order valence-electron chi connectivity index (χ2n) is 13.6. The summed E-state index contributed by atoms with van der Waals surface area (Å²) in [7, 11) is 1.89. The van der Waals surface area contributed by atoms with Gasteiger partial charge in [-0.3, -0.25) is 19.4 Å². The number of aromatic nitrogens is 5. The molecule has 264 valence electrons. The smallest absolute Gasteiger partial charge is 0.276 e. The van der Waals surface area contributed by atoms with Gasteiger partial charge in [-0.2, -0.15) is 10.2 Å². The van der Waals surface area contributed by atoms with Crippen LogP contribution in [0.4, 0.5) is 14.5 Å². The van der Waals surface area contributed by atoms with E-state index in [9.17, 15) is 18.4 Å². The summed E-state index contributed by atoms with van der Waals surface area (Å²) < 4.78 is 36.1. The summed E-state index contributed by atoms with van der Waals surface area (Å²) in [6.45, 7) is 4.00. The summed E-state index contributed by atoms with van der Waals surface area (Å²) >= 11 is 1.59. The van der Waals surface area contributed by atoms with E-state index in [-0.39, 0.29) is 49.4 Å². The molecule has 3 atom stereocenters. The highest BCUT2D eigenvalue weighted by Gasteiger charge is 2.69. The third-order valence-corrected chi connectivity index (χ3v) is 11.4. The van der Waals surface area contributed by atoms with Gasteiger partial charge in [0.15, 0.2) is 5.69 Å². The number of rotatable bonds is 12. The molecule has 2 amide bonds. The van der Waals surface area contributed by atoms with Crippen molar-refractivity contribution in [2.45, 2.75) is 44.7 Å². The largest absolute Gasteiger partial charge is 0.493 e. The van der Waals surface area contributed by atoms with Crippen molar-refractivity contribution in [2.24, 2.45) is 17.8 Å². The van der Waals surface area contributed by atoms with Crippen LogP contribution >= 0.6 is 11.3 Å². The van der Waals surface area contributed by atoms with Crippen molar-refractivity contribution >= 4 is 28.8 Å². The summed E-state index contributed by atoms with van der Waals surface area (Å²) in [5, 5.41) is 17.6. The van der Waals surface area contributed by atoms with Gasteiger partial charge in [0.05, 0.1) is 47.0 Å². The van der Waals surface area contributed by atoms with Crippen molar-refractivity contribution in [3.63, 3.8) is 0 Å². The first-order valence-corrected chi connectivity index (χ1v) is 18.0. The number of thiazole rings is 1. The molecule has 8 rings (SSSR count). The minimum Gasteiger partial charge on any atom is -0.493 e. The van der Waals surface area contributed by atoms with E-state index in [1.165, 1.54) is 0 Å². The average Bonchev–Trinajstić information content (AvgIpc) is 3.64. The van der Waals surface area contributed by atoms with Crippen molar-refractivity contribution in [2.75, 3.05) is 32.1 Å². The highest BCUT2D eigenvalue weighted by atomic mass is 32.1. The number of nitrogens with one attached hydrogen (secondary N) is 3. The molecule has 5 aromatic rings. The molecule has 2 aromatic carbocycles. The van der Waals surface area contributed by atoms with Crippen LogP contribution in [0.2, 0.25) is 0 Å². The van der Waals surface area contributed by atoms with E-state index in [2.05, 4.69) is 37.0 Å². The molecule has 0 spiro atoms. The number of carbonyl (C=O) groups excluding carboxylic acids is 2. The Bertz CT molecular complexity index is 2070. The van der Waals surface area contributed by atoms with Crippen LogP contribution in [0.25, 0.3) is 10.4 Å². The van der Waals surface area contributed by atoms with E-state index in [0.29, 0.717) is 36.6 Å². The highest BCUT2D eigenvalue weighted by Crippen LogP contribution is 2.60. The number of carbonyl (C=O) groups is 2. The lowest BCUT2D eigenvalue weighted by Gasteiger charge is -2.43. The number of fused-ring (bicyclic) bond motifs is 2. The number of alkyl halides is 2. The molecule has 2 aliphatic carbocycles. The first-order valence-electron chi connectivity index (χ1n) is 17.1. The molecule has 3 N–H and O–H groups in total. The van der Waals surface area contributed by atoms with Crippen LogP contribution in [0, 0.1) is 24.7 Å². The lowest BCUT2D eigenvalue weighted by atomic mass is 9.86. The number of nitrogens with zero attached hydrogens (tertiary/aromatic N) is 5. The molecule has 3 aliphatic rings. The predicted octanol–water partition coefficient (Wildman–Crippen LogP) is 5.51. The minimum absolute atomic E-state index is 0.0220. The van der Waals surface area contributed by atoms with Crippen molar-refractivity contribution in [3.8, 4) is 16.2 Å².